The van der Waals surface area contributed by atoms with Gasteiger partial charge in [-0.25, -0.2) is 0 Å². The minimum absolute atomic E-state index is 0.883. The van der Waals surface area contributed by atoms with Crippen molar-refractivity contribution in [2.45, 2.75) is 241 Å². The van der Waals surface area contributed by atoms with E-state index in [0.717, 1.165) is 23.7 Å². The van der Waals surface area contributed by atoms with Crippen LogP contribution in [0.2, 0.25) is 0 Å². The Morgan fingerprint density at radius 3 is 0.659 bits per heavy atom. The van der Waals surface area contributed by atoms with E-state index in [9.17, 15) is 0 Å². The molecule has 0 aliphatic carbocycles. The van der Waals surface area contributed by atoms with Crippen molar-refractivity contribution in [3.8, 4) is 0 Å². The van der Waals surface area contributed by atoms with Gasteiger partial charge in [-0.3, -0.25) is 0 Å². The van der Waals surface area contributed by atoms with Crippen LogP contribution in [0.4, 0.5) is 0 Å². The average molecular weight is 577 g/mol. The average Bonchev–Trinajstić information content (AvgIpc) is 2.94. The first-order valence-electron chi connectivity index (χ1n) is 20.0. The largest absolute Gasteiger partial charge is 0.0654 e. The summed E-state index contributed by atoms with van der Waals surface area (Å²) in [6, 6.07) is 0. The Labute approximate surface area is 263 Å². The van der Waals surface area contributed by atoms with E-state index in [1.807, 2.05) is 0 Å². The predicted molar refractivity (Wildman–Crippen MR) is 191 cm³/mol. The summed E-state index contributed by atoms with van der Waals surface area (Å²) in [6.07, 6.45) is 45.8. The standard InChI is InChI=1S/C41H84/c1-7-9-11-13-15-22-28-34-40(36-30-24-18-17-20-26-32-38(3)4)41(35-29-23-16-14-12-10-8-2)37-31-25-19-21-27-33-39(5)6/h38-41H,7-37H2,1-6H3. The van der Waals surface area contributed by atoms with E-state index in [2.05, 4.69) is 41.5 Å². The maximum atomic E-state index is 2.38. The molecule has 0 amide bonds. The maximum absolute atomic E-state index is 2.38. The van der Waals surface area contributed by atoms with E-state index in [-0.39, 0.29) is 0 Å². The fourth-order valence-corrected chi connectivity index (χ4v) is 7.11. The minimum Gasteiger partial charge on any atom is -0.0654 e. The van der Waals surface area contributed by atoms with Crippen molar-refractivity contribution >= 4 is 0 Å². The van der Waals surface area contributed by atoms with Crippen LogP contribution in [0.25, 0.3) is 0 Å². The van der Waals surface area contributed by atoms with Gasteiger partial charge in [0.05, 0.1) is 0 Å². The summed E-state index contributed by atoms with van der Waals surface area (Å²) >= 11 is 0. The molecule has 0 aromatic heterocycles. The van der Waals surface area contributed by atoms with Crippen LogP contribution in [0.1, 0.15) is 241 Å². The van der Waals surface area contributed by atoms with Crippen LogP contribution in [0, 0.1) is 23.7 Å². The highest BCUT2D eigenvalue weighted by Crippen LogP contribution is 2.34. The Balaban J connectivity index is 4.76. The van der Waals surface area contributed by atoms with Gasteiger partial charge < -0.3 is 0 Å². The molecule has 0 aromatic carbocycles. The highest BCUT2D eigenvalue weighted by atomic mass is 14.3. The summed E-state index contributed by atoms with van der Waals surface area (Å²) in [6.45, 7) is 14.2. The lowest BCUT2D eigenvalue weighted by atomic mass is 9.78. The molecule has 0 saturated heterocycles. The van der Waals surface area contributed by atoms with Crippen molar-refractivity contribution in [2.24, 2.45) is 23.7 Å². The van der Waals surface area contributed by atoms with Crippen LogP contribution in [-0.4, -0.2) is 0 Å². The summed E-state index contributed by atoms with van der Waals surface area (Å²) in [5.74, 6) is 3.81. The highest BCUT2D eigenvalue weighted by molar-refractivity contribution is 4.72. The lowest BCUT2D eigenvalue weighted by molar-refractivity contribution is 0.236. The zero-order valence-corrected chi connectivity index (χ0v) is 30.2. The van der Waals surface area contributed by atoms with Gasteiger partial charge in [-0.05, 0) is 23.7 Å². The summed E-state index contributed by atoms with van der Waals surface area (Å²) in [7, 11) is 0. The number of rotatable bonds is 34. The van der Waals surface area contributed by atoms with Crippen LogP contribution in [-0.2, 0) is 0 Å². The molecule has 0 nitrogen and oxygen atoms in total. The molecule has 0 bridgehead atoms. The Morgan fingerprint density at radius 2 is 0.439 bits per heavy atom. The van der Waals surface area contributed by atoms with Crippen LogP contribution in [0.5, 0.6) is 0 Å². The second kappa shape index (κ2) is 32.9. The first-order valence-corrected chi connectivity index (χ1v) is 20.0. The number of hydrogen-bond acceptors (Lipinski definition) is 0. The van der Waals surface area contributed by atoms with Crippen molar-refractivity contribution in [1.82, 2.24) is 0 Å². The maximum Gasteiger partial charge on any atom is -0.0386 e. The molecule has 0 radical (unpaired) electrons. The molecule has 0 aromatic rings. The van der Waals surface area contributed by atoms with Gasteiger partial charge in [0.1, 0.15) is 0 Å². The number of unbranched alkanes of at least 4 members (excludes halogenated alkanes) is 21. The summed E-state index contributed by atoms with van der Waals surface area (Å²) in [5, 5.41) is 0. The third-order valence-electron chi connectivity index (χ3n) is 9.99. The SMILES string of the molecule is CCCCCCCCCC(CCCCCCCCC(C)C)C(CCCCCCCCC)CCCCCCCC(C)C. The molecule has 2 unspecified atom stereocenters. The monoisotopic (exact) mass is 577 g/mol. The Morgan fingerprint density at radius 1 is 0.244 bits per heavy atom. The molecule has 0 heteroatoms. The molecule has 0 N–H and O–H groups in total. The second-order valence-electron chi connectivity index (χ2n) is 15.2. The topological polar surface area (TPSA) is 0 Å². The van der Waals surface area contributed by atoms with E-state index in [0.29, 0.717) is 0 Å². The molecule has 0 heterocycles. The highest BCUT2D eigenvalue weighted by Gasteiger charge is 2.20. The van der Waals surface area contributed by atoms with E-state index >= 15 is 0 Å². The van der Waals surface area contributed by atoms with Gasteiger partial charge in [0.15, 0.2) is 0 Å². The van der Waals surface area contributed by atoms with Gasteiger partial charge in [0.2, 0.25) is 0 Å². The molecular formula is C41H84. The van der Waals surface area contributed by atoms with Crippen LogP contribution < -0.4 is 0 Å². The van der Waals surface area contributed by atoms with Crippen molar-refractivity contribution in [2.75, 3.05) is 0 Å². The van der Waals surface area contributed by atoms with E-state index in [1.165, 1.54) is 199 Å². The zero-order valence-electron chi connectivity index (χ0n) is 30.2. The lowest BCUT2D eigenvalue weighted by Crippen LogP contribution is -2.16. The Kier molecular flexibility index (Phi) is 32.9. The quantitative estimate of drug-likeness (QED) is 0.0668. The molecule has 0 fully saturated rings. The third kappa shape index (κ3) is 31.2. The molecule has 248 valence electrons. The second-order valence-corrected chi connectivity index (χ2v) is 15.2. The fraction of sp³-hybridized carbons (Fsp3) is 1.00. The van der Waals surface area contributed by atoms with Gasteiger partial charge in [-0.2, -0.15) is 0 Å². The van der Waals surface area contributed by atoms with Gasteiger partial charge in [-0.15, -0.1) is 0 Å². The predicted octanol–water partition coefficient (Wildman–Crippen LogP) is 15.7. The van der Waals surface area contributed by atoms with Crippen molar-refractivity contribution in [3.05, 3.63) is 0 Å². The molecule has 2 atom stereocenters. The van der Waals surface area contributed by atoms with Gasteiger partial charge in [-0.1, -0.05) is 241 Å². The molecule has 0 saturated carbocycles. The van der Waals surface area contributed by atoms with E-state index < -0.39 is 0 Å². The fourth-order valence-electron chi connectivity index (χ4n) is 7.11. The van der Waals surface area contributed by atoms with Crippen molar-refractivity contribution < 1.29 is 0 Å². The summed E-state index contributed by atoms with van der Waals surface area (Å²) in [4.78, 5) is 0. The van der Waals surface area contributed by atoms with Gasteiger partial charge >= 0.3 is 0 Å². The van der Waals surface area contributed by atoms with E-state index in [4.69, 9.17) is 0 Å². The van der Waals surface area contributed by atoms with Crippen LogP contribution in [0.3, 0.4) is 0 Å². The molecule has 0 spiro atoms. The molecule has 0 rings (SSSR count). The van der Waals surface area contributed by atoms with Crippen LogP contribution >= 0.6 is 0 Å². The Hall–Kier alpha value is 0. The van der Waals surface area contributed by atoms with Crippen molar-refractivity contribution in [3.63, 3.8) is 0 Å². The van der Waals surface area contributed by atoms with Crippen LogP contribution in [0.15, 0.2) is 0 Å². The smallest absolute Gasteiger partial charge is 0.0386 e. The normalized spacial score (nSPS) is 13.5. The first kappa shape index (κ1) is 41.0. The number of hydrogen-bond donors (Lipinski definition) is 0. The molecular weight excluding hydrogens is 492 g/mol. The molecule has 0 aliphatic rings. The van der Waals surface area contributed by atoms with Gasteiger partial charge in [0.25, 0.3) is 0 Å². The summed E-state index contributed by atoms with van der Waals surface area (Å²) < 4.78 is 0. The molecule has 41 heavy (non-hydrogen) atoms. The van der Waals surface area contributed by atoms with Gasteiger partial charge in [0, 0.05) is 0 Å². The minimum atomic E-state index is 0.883. The van der Waals surface area contributed by atoms with Crippen molar-refractivity contribution in [1.29, 1.82) is 0 Å². The summed E-state index contributed by atoms with van der Waals surface area (Å²) in [5.41, 5.74) is 0. The third-order valence-corrected chi connectivity index (χ3v) is 9.99. The Bertz CT molecular complexity index is 463. The van der Waals surface area contributed by atoms with E-state index in [1.54, 1.807) is 0 Å². The molecule has 0 aliphatic heterocycles. The first-order chi connectivity index (χ1) is 20.0. The zero-order chi connectivity index (χ0) is 30.2. The lowest BCUT2D eigenvalue weighted by Gasteiger charge is -2.28.